The van der Waals surface area contributed by atoms with Crippen LogP contribution in [-0.2, 0) is 0 Å². The van der Waals surface area contributed by atoms with Crippen molar-refractivity contribution in [2.75, 3.05) is 5.32 Å². The lowest BCUT2D eigenvalue weighted by Gasteiger charge is -2.17. The molecule has 0 aliphatic rings. The fourth-order valence-corrected chi connectivity index (χ4v) is 2.73. The van der Waals surface area contributed by atoms with Crippen LogP contribution in [0.3, 0.4) is 0 Å². The van der Waals surface area contributed by atoms with Crippen molar-refractivity contribution in [3.05, 3.63) is 78.4 Å². The molecule has 25 heavy (non-hydrogen) atoms. The van der Waals surface area contributed by atoms with Crippen molar-refractivity contribution in [2.24, 2.45) is 0 Å². The van der Waals surface area contributed by atoms with Crippen LogP contribution < -0.4 is 5.32 Å². The normalized spacial score (nSPS) is 12.2. The van der Waals surface area contributed by atoms with Crippen LogP contribution in [0.15, 0.2) is 67.0 Å². The molecule has 4 rings (SSSR count). The van der Waals surface area contributed by atoms with Gasteiger partial charge >= 0.3 is 0 Å². The Balaban J connectivity index is 1.73. The Morgan fingerprint density at radius 2 is 1.80 bits per heavy atom. The third-order valence-corrected chi connectivity index (χ3v) is 4.06. The summed E-state index contributed by atoms with van der Waals surface area (Å²) in [6, 6.07) is 18.3. The summed E-state index contributed by atoms with van der Waals surface area (Å²) in [6.07, 6.45) is 1.48. The maximum atomic E-state index is 13.1. The van der Waals surface area contributed by atoms with Crippen molar-refractivity contribution >= 4 is 11.6 Å². The van der Waals surface area contributed by atoms with Crippen LogP contribution in [0.5, 0.6) is 0 Å². The number of benzene rings is 2. The second kappa shape index (κ2) is 6.32. The summed E-state index contributed by atoms with van der Waals surface area (Å²) in [5, 5.41) is 7.65. The molecule has 0 aliphatic carbocycles. The van der Waals surface area contributed by atoms with E-state index in [2.05, 4.69) is 20.4 Å². The molecular weight excluding hydrogens is 317 g/mol. The number of halogens is 1. The molecule has 1 unspecified atom stereocenters. The molecule has 124 valence electrons. The Morgan fingerprint density at radius 1 is 1.04 bits per heavy atom. The molecule has 6 heteroatoms. The van der Waals surface area contributed by atoms with E-state index >= 15 is 0 Å². The highest BCUT2D eigenvalue weighted by Crippen LogP contribution is 2.24. The molecule has 0 bridgehead atoms. The quantitative estimate of drug-likeness (QED) is 0.611. The topological polar surface area (TPSA) is 55.1 Å². The van der Waals surface area contributed by atoms with Crippen LogP contribution in [-0.4, -0.2) is 19.6 Å². The van der Waals surface area contributed by atoms with Crippen molar-refractivity contribution in [1.29, 1.82) is 0 Å². The van der Waals surface area contributed by atoms with E-state index in [4.69, 9.17) is 0 Å². The highest BCUT2D eigenvalue weighted by atomic mass is 19.1. The van der Waals surface area contributed by atoms with Crippen LogP contribution in [0.2, 0.25) is 0 Å². The van der Waals surface area contributed by atoms with Gasteiger partial charge in [-0.2, -0.15) is 14.6 Å². The Kier molecular flexibility index (Phi) is 3.85. The number of rotatable bonds is 4. The molecule has 1 N–H and O–H groups in total. The van der Waals surface area contributed by atoms with Crippen LogP contribution in [0.1, 0.15) is 18.5 Å². The molecule has 0 saturated carbocycles. The van der Waals surface area contributed by atoms with Crippen molar-refractivity contribution in [1.82, 2.24) is 19.6 Å². The Labute approximate surface area is 144 Å². The number of nitrogens with one attached hydrogen (secondary N) is 1. The average molecular weight is 333 g/mol. The van der Waals surface area contributed by atoms with Gasteiger partial charge in [-0.25, -0.2) is 9.37 Å². The van der Waals surface area contributed by atoms with Gasteiger partial charge in [-0.15, -0.1) is 0 Å². The molecule has 0 fully saturated rings. The zero-order valence-electron chi connectivity index (χ0n) is 13.6. The summed E-state index contributed by atoms with van der Waals surface area (Å²) in [5.41, 5.74) is 2.80. The lowest BCUT2D eigenvalue weighted by Crippen LogP contribution is -2.11. The average Bonchev–Trinajstić information content (AvgIpc) is 3.12. The lowest BCUT2D eigenvalue weighted by molar-refractivity contribution is 0.626. The minimum atomic E-state index is -0.245. The molecule has 0 saturated heterocycles. The van der Waals surface area contributed by atoms with E-state index < -0.39 is 0 Å². The minimum absolute atomic E-state index is 0.0287. The summed E-state index contributed by atoms with van der Waals surface area (Å²) >= 11 is 0. The van der Waals surface area contributed by atoms with E-state index in [-0.39, 0.29) is 11.9 Å². The second-order valence-electron chi connectivity index (χ2n) is 5.78. The van der Waals surface area contributed by atoms with Crippen LogP contribution >= 0.6 is 0 Å². The van der Waals surface area contributed by atoms with E-state index in [1.807, 2.05) is 43.3 Å². The smallest absolute Gasteiger partial charge is 0.254 e. The molecule has 2 heterocycles. The summed E-state index contributed by atoms with van der Waals surface area (Å²) in [6.45, 7) is 2.01. The molecule has 1 atom stereocenters. The summed E-state index contributed by atoms with van der Waals surface area (Å²) in [7, 11) is 0. The van der Waals surface area contributed by atoms with Gasteiger partial charge in [0.1, 0.15) is 18.0 Å². The zero-order chi connectivity index (χ0) is 17.2. The summed E-state index contributed by atoms with van der Waals surface area (Å²) < 4.78 is 14.8. The highest BCUT2D eigenvalue weighted by molar-refractivity contribution is 5.65. The van der Waals surface area contributed by atoms with Crippen LogP contribution in [0, 0.1) is 5.82 Å². The highest BCUT2D eigenvalue weighted by Gasteiger charge is 2.12. The van der Waals surface area contributed by atoms with Crippen molar-refractivity contribution in [3.63, 3.8) is 0 Å². The fourth-order valence-electron chi connectivity index (χ4n) is 2.73. The zero-order valence-corrected chi connectivity index (χ0v) is 13.6. The molecule has 2 aromatic heterocycles. The van der Waals surface area contributed by atoms with Gasteiger partial charge in [0.05, 0.1) is 5.69 Å². The van der Waals surface area contributed by atoms with Gasteiger partial charge in [0.25, 0.3) is 5.78 Å². The standard InChI is InChI=1S/C19H16FN5/c1-13(14-7-9-16(20)10-8-14)23-18-11-17(15-5-3-2-4-6-15)24-19-21-12-22-25(18)19/h2-13,23H,1H3. The number of hydrogen-bond donors (Lipinski definition) is 1. The third kappa shape index (κ3) is 3.06. The van der Waals surface area contributed by atoms with Crippen molar-refractivity contribution in [2.45, 2.75) is 13.0 Å². The molecule has 0 amide bonds. The van der Waals surface area contributed by atoms with Gasteiger partial charge < -0.3 is 5.32 Å². The maximum absolute atomic E-state index is 13.1. The minimum Gasteiger partial charge on any atom is -0.363 e. The molecule has 5 nitrogen and oxygen atoms in total. The first-order valence-corrected chi connectivity index (χ1v) is 7.99. The molecule has 4 aromatic rings. The molecule has 0 aliphatic heterocycles. The Bertz CT molecular complexity index is 995. The second-order valence-corrected chi connectivity index (χ2v) is 5.78. The Hall–Kier alpha value is -3.28. The van der Waals surface area contributed by atoms with Gasteiger partial charge in [0, 0.05) is 17.7 Å². The number of anilines is 1. The van der Waals surface area contributed by atoms with Gasteiger partial charge in [0.2, 0.25) is 0 Å². The molecule has 0 radical (unpaired) electrons. The van der Waals surface area contributed by atoms with E-state index in [0.717, 1.165) is 22.6 Å². The fraction of sp³-hybridized carbons (Fsp3) is 0.105. The lowest BCUT2D eigenvalue weighted by atomic mass is 10.1. The molecule has 0 spiro atoms. The molecular formula is C19H16FN5. The molecule has 2 aromatic carbocycles. The first-order valence-electron chi connectivity index (χ1n) is 7.99. The van der Waals surface area contributed by atoms with E-state index in [9.17, 15) is 4.39 Å². The van der Waals surface area contributed by atoms with Crippen LogP contribution in [0.4, 0.5) is 10.2 Å². The SMILES string of the molecule is CC(Nc1cc(-c2ccccc2)nc2ncnn12)c1ccc(F)cc1. The first kappa shape index (κ1) is 15.3. The number of hydrogen-bond acceptors (Lipinski definition) is 4. The van der Waals surface area contributed by atoms with Gasteiger partial charge in [-0.1, -0.05) is 42.5 Å². The number of aromatic nitrogens is 4. The van der Waals surface area contributed by atoms with E-state index in [1.54, 1.807) is 16.6 Å². The summed E-state index contributed by atoms with van der Waals surface area (Å²) in [5.74, 6) is 1.05. The van der Waals surface area contributed by atoms with Gasteiger partial charge in [-0.3, -0.25) is 0 Å². The number of nitrogens with zero attached hydrogens (tertiary/aromatic N) is 4. The third-order valence-electron chi connectivity index (χ3n) is 4.06. The predicted octanol–water partition coefficient (Wildman–Crippen LogP) is 4.10. The van der Waals surface area contributed by atoms with Gasteiger partial charge in [-0.05, 0) is 24.6 Å². The maximum Gasteiger partial charge on any atom is 0.254 e. The summed E-state index contributed by atoms with van der Waals surface area (Å²) in [4.78, 5) is 8.77. The van der Waals surface area contributed by atoms with Crippen LogP contribution in [0.25, 0.3) is 17.0 Å². The largest absolute Gasteiger partial charge is 0.363 e. The van der Waals surface area contributed by atoms with E-state index in [0.29, 0.717) is 5.78 Å². The van der Waals surface area contributed by atoms with Crippen molar-refractivity contribution in [3.8, 4) is 11.3 Å². The predicted molar refractivity (Wildman–Crippen MR) is 94.7 cm³/mol. The van der Waals surface area contributed by atoms with E-state index in [1.165, 1.54) is 18.5 Å². The van der Waals surface area contributed by atoms with Crippen molar-refractivity contribution < 1.29 is 4.39 Å². The van der Waals surface area contributed by atoms with Gasteiger partial charge in [0.15, 0.2) is 0 Å². The number of fused-ring (bicyclic) bond motifs is 1. The first-order chi connectivity index (χ1) is 12.2. The Morgan fingerprint density at radius 3 is 2.56 bits per heavy atom. The monoisotopic (exact) mass is 333 g/mol.